The average Bonchev–Trinajstić information content (AvgIpc) is 2.84. The third-order valence-corrected chi connectivity index (χ3v) is 4.15. The van der Waals surface area contributed by atoms with Crippen molar-refractivity contribution in [3.8, 4) is 0 Å². The van der Waals surface area contributed by atoms with E-state index in [1.807, 2.05) is 0 Å². The second-order valence-corrected chi connectivity index (χ2v) is 5.35. The van der Waals surface area contributed by atoms with Gasteiger partial charge in [0.05, 0.1) is 6.61 Å². The molecular formula is C13H26N2O. The molecule has 3 nitrogen and oxygen atoms in total. The summed E-state index contributed by atoms with van der Waals surface area (Å²) in [5, 5.41) is 7.09. The van der Waals surface area contributed by atoms with E-state index in [9.17, 15) is 0 Å². The van der Waals surface area contributed by atoms with Gasteiger partial charge in [-0.1, -0.05) is 0 Å². The maximum atomic E-state index is 5.43. The zero-order valence-corrected chi connectivity index (χ0v) is 10.5. The second-order valence-electron chi connectivity index (χ2n) is 5.35. The minimum Gasteiger partial charge on any atom is -0.381 e. The normalized spacial score (nSPS) is 29.4. The lowest BCUT2D eigenvalue weighted by Crippen LogP contribution is -2.36. The molecule has 2 N–H and O–H groups in total. The Labute approximate surface area is 99.3 Å². The Hall–Kier alpha value is -0.120. The molecule has 2 saturated heterocycles. The first-order valence-electron chi connectivity index (χ1n) is 6.88. The number of nitrogens with one attached hydrogen (secondary N) is 2. The predicted octanol–water partition coefficient (Wildman–Crippen LogP) is 1.39. The van der Waals surface area contributed by atoms with E-state index < -0.39 is 0 Å². The van der Waals surface area contributed by atoms with Crippen molar-refractivity contribution >= 4 is 0 Å². The molecule has 0 saturated carbocycles. The van der Waals surface area contributed by atoms with Gasteiger partial charge < -0.3 is 15.4 Å². The maximum absolute atomic E-state index is 5.43. The van der Waals surface area contributed by atoms with E-state index in [0.717, 1.165) is 25.0 Å². The van der Waals surface area contributed by atoms with Gasteiger partial charge in [0.25, 0.3) is 0 Å². The molecule has 2 fully saturated rings. The fourth-order valence-corrected chi connectivity index (χ4v) is 2.80. The van der Waals surface area contributed by atoms with Crippen LogP contribution >= 0.6 is 0 Å². The maximum Gasteiger partial charge on any atom is 0.0509 e. The van der Waals surface area contributed by atoms with Crippen molar-refractivity contribution in [1.29, 1.82) is 0 Å². The van der Waals surface area contributed by atoms with Crippen LogP contribution in [0.4, 0.5) is 0 Å². The van der Waals surface area contributed by atoms with Gasteiger partial charge in [-0.25, -0.2) is 0 Å². The Balaban J connectivity index is 1.56. The van der Waals surface area contributed by atoms with Gasteiger partial charge in [0, 0.05) is 12.6 Å². The largest absolute Gasteiger partial charge is 0.381 e. The molecule has 94 valence electrons. The lowest BCUT2D eigenvalue weighted by molar-refractivity contribution is 0.178. The molecule has 2 heterocycles. The molecule has 0 spiro atoms. The Morgan fingerprint density at radius 1 is 1.31 bits per heavy atom. The second kappa shape index (κ2) is 6.58. The summed E-state index contributed by atoms with van der Waals surface area (Å²) in [6, 6.07) is 0.629. The SMILES string of the molecule is CC(NCCC1CCNCC1)C1CCOC1. The summed E-state index contributed by atoms with van der Waals surface area (Å²) in [6.07, 6.45) is 5.31. The van der Waals surface area contributed by atoms with Gasteiger partial charge in [-0.15, -0.1) is 0 Å². The van der Waals surface area contributed by atoms with Crippen LogP contribution in [0.15, 0.2) is 0 Å². The zero-order valence-electron chi connectivity index (χ0n) is 10.5. The highest BCUT2D eigenvalue weighted by molar-refractivity contribution is 4.76. The summed E-state index contributed by atoms with van der Waals surface area (Å²) in [4.78, 5) is 0. The topological polar surface area (TPSA) is 33.3 Å². The third kappa shape index (κ3) is 3.72. The van der Waals surface area contributed by atoms with Crippen LogP contribution in [-0.2, 0) is 4.74 Å². The standard InChI is InChI=1S/C13H26N2O/c1-11(13-5-9-16-10-13)15-8-4-12-2-6-14-7-3-12/h11-15H,2-10H2,1H3. The summed E-state index contributed by atoms with van der Waals surface area (Å²) in [6.45, 7) is 7.85. The summed E-state index contributed by atoms with van der Waals surface area (Å²) in [5.41, 5.74) is 0. The number of hydrogen-bond donors (Lipinski definition) is 2. The van der Waals surface area contributed by atoms with Gasteiger partial charge in [-0.2, -0.15) is 0 Å². The van der Waals surface area contributed by atoms with E-state index in [0.29, 0.717) is 6.04 Å². The van der Waals surface area contributed by atoms with Crippen molar-refractivity contribution in [2.24, 2.45) is 11.8 Å². The molecule has 0 radical (unpaired) electrons. The quantitative estimate of drug-likeness (QED) is 0.743. The Morgan fingerprint density at radius 3 is 2.81 bits per heavy atom. The smallest absolute Gasteiger partial charge is 0.0509 e. The number of piperidine rings is 1. The molecule has 2 aliphatic rings. The van der Waals surface area contributed by atoms with Crippen LogP contribution in [0.25, 0.3) is 0 Å². The van der Waals surface area contributed by atoms with E-state index in [1.165, 1.54) is 45.3 Å². The molecule has 2 rings (SSSR count). The summed E-state index contributed by atoms with van der Waals surface area (Å²) in [5.74, 6) is 1.69. The van der Waals surface area contributed by atoms with Crippen molar-refractivity contribution in [2.75, 3.05) is 32.8 Å². The van der Waals surface area contributed by atoms with E-state index in [4.69, 9.17) is 4.74 Å². The van der Waals surface area contributed by atoms with Gasteiger partial charge in [0.1, 0.15) is 0 Å². The van der Waals surface area contributed by atoms with E-state index in [-0.39, 0.29) is 0 Å². The Morgan fingerprint density at radius 2 is 2.12 bits per heavy atom. The van der Waals surface area contributed by atoms with E-state index in [1.54, 1.807) is 0 Å². The molecule has 2 atom stereocenters. The molecule has 0 aromatic heterocycles. The van der Waals surface area contributed by atoms with E-state index in [2.05, 4.69) is 17.6 Å². The molecule has 16 heavy (non-hydrogen) atoms. The fourth-order valence-electron chi connectivity index (χ4n) is 2.80. The first-order chi connectivity index (χ1) is 7.86. The first-order valence-corrected chi connectivity index (χ1v) is 6.88. The van der Waals surface area contributed by atoms with Gasteiger partial charge in [0.2, 0.25) is 0 Å². The van der Waals surface area contributed by atoms with Crippen molar-refractivity contribution in [1.82, 2.24) is 10.6 Å². The van der Waals surface area contributed by atoms with Gasteiger partial charge in [0.15, 0.2) is 0 Å². The molecule has 0 bridgehead atoms. The zero-order chi connectivity index (χ0) is 11.2. The molecule has 0 aromatic rings. The monoisotopic (exact) mass is 226 g/mol. The lowest BCUT2D eigenvalue weighted by atomic mass is 9.94. The van der Waals surface area contributed by atoms with Crippen molar-refractivity contribution in [3.63, 3.8) is 0 Å². The van der Waals surface area contributed by atoms with Crippen LogP contribution in [0.3, 0.4) is 0 Å². The number of rotatable bonds is 5. The molecule has 0 aliphatic carbocycles. The highest BCUT2D eigenvalue weighted by Crippen LogP contribution is 2.18. The van der Waals surface area contributed by atoms with Crippen LogP contribution in [0.1, 0.15) is 32.6 Å². The summed E-state index contributed by atoms with van der Waals surface area (Å²) in [7, 11) is 0. The minimum absolute atomic E-state index is 0.629. The van der Waals surface area contributed by atoms with E-state index >= 15 is 0 Å². The van der Waals surface area contributed by atoms with Crippen molar-refractivity contribution in [2.45, 2.75) is 38.6 Å². The van der Waals surface area contributed by atoms with Crippen LogP contribution in [0.2, 0.25) is 0 Å². The molecule has 0 amide bonds. The van der Waals surface area contributed by atoms with Crippen LogP contribution in [0, 0.1) is 11.8 Å². The van der Waals surface area contributed by atoms with Crippen molar-refractivity contribution in [3.05, 3.63) is 0 Å². The van der Waals surface area contributed by atoms with Gasteiger partial charge >= 0.3 is 0 Å². The highest BCUT2D eigenvalue weighted by Gasteiger charge is 2.22. The van der Waals surface area contributed by atoms with Crippen LogP contribution in [0.5, 0.6) is 0 Å². The number of ether oxygens (including phenoxy) is 1. The lowest BCUT2D eigenvalue weighted by Gasteiger charge is -2.24. The predicted molar refractivity (Wildman–Crippen MR) is 66.6 cm³/mol. The van der Waals surface area contributed by atoms with Gasteiger partial charge in [-0.05, 0) is 64.1 Å². The fraction of sp³-hybridized carbons (Fsp3) is 1.00. The average molecular weight is 226 g/mol. The molecular weight excluding hydrogens is 200 g/mol. The van der Waals surface area contributed by atoms with Crippen LogP contribution in [-0.4, -0.2) is 38.9 Å². The molecule has 0 aromatic carbocycles. The van der Waals surface area contributed by atoms with Crippen LogP contribution < -0.4 is 10.6 Å². The minimum atomic E-state index is 0.629. The summed E-state index contributed by atoms with van der Waals surface area (Å²) < 4.78 is 5.43. The molecule has 3 heteroatoms. The Bertz CT molecular complexity index is 186. The highest BCUT2D eigenvalue weighted by atomic mass is 16.5. The Kier molecular flexibility index (Phi) is 5.07. The van der Waals surface area contributed by atoms with Crippen molar-refractivity contribution < 1.29 is 4.74 Å². The molecule has 2 aliphatic heterocycles. The third-order valence-electron chi connectivity index (χ3n) is 4.15. The molecule has 2 unspecified atom stereocenters. The first kappa shape index (κ1) is 12.3. The summed E-state index contributed by atoms with van der Waals surface area (Å²) >= 11 is 0. The van der Waals surface area contributed by atoms with Gasteiger partial charge in [-0.3, -0.25) is 0 Å². The number of hydrogen-bond acceptors (Lipinski definition) is 3.